The number of methoxy groups -OCH3 is 1. The molecule has 7 heteroatoms. The first kappa shape index (κ1) is 11.1. The van der Waals surface area contributed by atoms with Gasteiger partial charge >= 0.3 is 5.97 Å². The van der Waals surface area contributed by atoms with Crippen molar-refractivity contribution < 1.29 is 9.53 Å². The summed E-state index contributed by atoms with van der Waals surface area (Å²) in [5.41, 5.74) is 0.616. The van der Waals surface area contributed by atoms with Gasteiger partial charge in [0.2, 0.25) is 5.82 Å². The number of aromatic nitrogens is 4. The highest BCUT2D eigenvalue weighted by Gasteiger charge is 2.12. The fourth-order valence-electron chi connectivity index (χ4n) is 1.35. The highest BCUT2D eigenvalue weighted by Crippen LogP contribution is 2.13. The summed E-state index contributed by atoms with van der Waals surface area (Å²) in [6.07, 6.45) is 3.26. The van der Waals surface area contributed by atoms with Gasteiger partial charge in [0.25, 0.3) is 5.56 Å². The summed E-state index contributed by atoms with van der Waals surface area (Å²) in [5.74, 6) is -0.813. The number of ether oxygens (including phenoxy) is 1. The average molecular weight is 234 g/mol. The molecule has 2 rings (SSSR count). The molecule has 0 aliphatic rings. The average Bonchev–Trinajstić information content (AvgIpc) is 2.74. The molecular weight excluding hydrogens is 224 g/mol. The van der Waals surface area contributed by atoms with Gasteiger partial charge in [-0.2, -0.15) is 5.10 Å². The van der Waals surface area contributed by atoms with E-state index in [4.69, 9.17) is 0 Å². The van der Waals surface area contributed by atoms with Crippen molar-refractivity contribution in [1.29, 1.82) is 0 Å². The smallest absolute Gasteiger partial charge is 0.374 e. The molecule has 0 radical (unpaired) electrons. The number of hydrogen-bond donors (Lipinski definition) is 1. The van der Waals surface area contributed by atoms with Crippen molar-refractivity contribution in [2.45, 2.75) is 0 Å². The topological polar surface area (TPSA) is 89.9 Å². The second-order valence-electron chi connectivity index (χ2n) is 3.37. The standard InChI is InChI=1S/C10H10N4O3/c1-14-5-6(4-11-14)7-3-8(15)13-9(12-7)10(16)17-2/h3-5H,1-2H3,(H,12,13,15). The van der Waals surface area contributed by atoms with Crippen LogP contribution in [0.1, 0.15) is 10.6 Å². The lowest BCUT2D eigenvalue weighted by Crippen LogP contribution is -2.16. The van der Waals surface area contributed by atoms with Gasteiger partial charge in [-0.3, -0.25) is 9.48 Å². The molecular formula is C10H10N4O3. The molecule has 0 aliphatic carbocycles. The molecule has 17 heavy (non-hydrogen) atoms. The summed E-state index contributed by atoms with van der Waals surface area (Å²) in [7, 11) is 2.97. The molecule has 7 nitrogen and oxygen atoms in total. The SMILES string of the molecule is COC(=O)c1nc(-c2cnn(C)c2)cc(=O)[nH]1. The van der Waals surface area contributed by atoms with Crippen molar-refractivity contribution >= 4 is 5.97 Å². The van der Waals surface area contributed by atoms with Crippen molar-refractivity contribution in [3.63, 3.8) is 0 Å². The maximum absolute atomic E-state index is 11.4. The van der Waals surface area contributed by atoms with E-state index in [0.717, 1.165) is 0 Å². The maximum Gasteiger partial charge on any atom is 0.374 e. The maximum atomic E-state index is 11.4. The first-order valence-electron chi connectivity index (χ1n) is 4.79. The van der Waals surface area contributed by atoms with E-state index >= 15 is 0 Å². The fourth-order valence-corrected chi connectivity index (χ4v) is 1.35. The number of nitrogens with one attached hydrogen (secondary N) is 1. The van der Waals surface area contributed by atoms with Gasteiger partial charge in [0.05, 0.1) is 19.0 Å². The summed E-state index contributed by atoms with van der Waals surface area (Å²) in [4.78, 5) is 29.0. The molecule has 2 aromatic rings. The Bertz CT molecular complexity index is 614. The van der Waals surface area contributed by atoms with Gasteiger partial charge in [-0.25, -0.2) is 9.78 Å². The zero-order chi connectivity index (χ0) is 12.4. The number of carbonyl (C=O) groups is 1. The van der Waals surface area contributed by atoms with E-state index in [0.29, 0.717) is 11.3 Å². The van der Waals surface area contributed by atoms with Gasteiger partial charge < -0.3 is 9.72 Å². The third kappa shape index (κ3) is 2.22. The molecule has 0 bridgehead atoms. The molecule has 0 aromatic carbocycles. The number of esters is 1. The molecule has 1 N–H and O–H groups in total. The molecule has 88 valence electrons. The van der Waals surface area contributed by atoms with Crippen molar-refractivity contribution in [1.82, 2.24) is 19.7 Å². The molecule has 0 saturated carbocycles. The number of aromatic amines is 1. The lowest BCUT2D eigenvalue weighted by molar-refractivity contribution is 0.0586. The van der Waals surface area contributed by atoms with Crippen molar-refractivity contribution in [3.8, 4) is 11.3 Å². The molecule has 0 aliphatic heterocycles. The van der Waals surface area contributed by atoms with E-state index in [1.54, 1.807) is 24.1 Å². The normalized spacial score (nSPS) is 10.2. The minimum atomic E-state index is -0.687. The molecule has 0 unspecified atom stereocenters. The Morgan fingerprint density at radius 3 is 2.88 bits per heavy atom. The van der Waals surface area contributed by atoms with Crippen LogP contribution in [0.15, 0.2) is 23.3 Å². The Labute approximate surface area is 96.1 Å². The highest BCUT2D eigenvalue weighted by molar-refractivity contribution is 5.85. The van der Waals surface area contributed by atoms with Crippen molar-refractivity contribution in [2.75, 3.05) is 7.11 Å². The van der Waals surface area contributed by atoms with Crippen LogP contribution in [0.3, 0.4) is 0 Å². The Kier molecular flexibility index (Phi) is 2.73. The third-order valence-corrected chi connectivity index (χ3v) is 2.12. The number of nitrogens with zero attached hydrogens (tertiary/aromatic N) is 3. The summed E-state index contributed by atoms with van der Waals surface area (Å²) in [6.45, 7) is 0. The van der Waals surface area contributed by atoms with Crippen LogP contribution < -0.4 is 5.56 Å². The van der Waals surface area contributed by atoms with Gasteiger partial charge in [-0.15, -0.1) is 0 Å². The van der Waals surface area contributed by atoms with Gasteiger partial charge in [-0.1, -0.05) is 0 Å². The molecule has 0 spiro atoms. The van der Waals surface area contributed by atoms with E-state index in [1.807, 2.05) is 0 Å². The summed E-state index contributed by atoms with van der Waals surface area (Å²) >= 11 is 0. The minimum absolute atomic E-state index is 0.126. The van der Waals surface area contributed by atoms with E-state index in [9.17, 15) is 9.59 Å². The minimum Gasteiger partial charge on any atom is -0.463 e. The third-order valence-electron chi connectivity index (χ3n) is 2.12. The summed E-state index contributed by atoms with van der Waals surface area (Å²) in [5, 5.41) is 3.97. The first-order chi connectivity index (χ1) is 8.10. The molecule has 0 amide bonds. The van der Waals surface area contributed by atoms with Crippen LogP contribution in [0.25, 0.3) is 11.3 Å². The van der Waals surface area contributed by atoms with Crippen LogP contribution in [0.2, 0.25) is 0 Å². The van der Waals surface area contributed by atoms with Gasteiger partial charge in [0, 0.05) is 24.9 Å². The van der Waals surface area contributed by atoms with Gasteiger partial charge in [0.15, 0.2) is 0 Å². The Morgan fingerprint density at radius 1 is 1.53 bits per heavy atom. The lowest BCUT2D eigenvalue weighted by Gasteiger charge is -2.00. The van der Waals surface area contributed by atoms with Gasteiger partial charge in [0.1, 0.15) is 0 Å². The van der Waals surface area contributed by atoms with Crippen LogP contribution in [0, 0.1) is 0 Å². The van der Waals surface area contributed by atoms with E-state index < -0.39 is 11.5 Å². The molecule has 0 saturated heterocycles. The molecule has 0 fully saturated rings. The van der Waals surface area contributed by atoms with E-state index in [1.165, 1.54) is 13.2 Å². The zero-order valence-corrected chi connectivity index (χ0v) is 9.30. The number of carbonyl (C=O) groups excluding carboxylic acids is 1. The second kappa shape index (κ2) is 4.20. The Balaban J connectivity index is 2.52. The van der Waals surface area contributed by atoms with Crippen molar-refractivity contribution in [3.05, 3.63) is 34.6 Å². The molecule has 0 atom stereocenters. The van der Waals surface area contributed by atoms with Crippen molar-refractivity contribution in [2.24, 2.45) is 7.05 Å². The monoisotopic (exact) mass is 234 g/mol. The summed E-state index contributed by atoms with van der Waals surface area (Å²) in [6, 6.07) is 1.30. The highest BCUT2D eigenvalue weighted by atomic mass is 16.5. The Morgan fingerprint density at radius 2 is 2.29 bits per heavy atom. The summed E-state index contributed by atoms with van der Waals surface area (Å²) < 4.78 is 6.07. The van der Waals surface area contributed by atoms with E-state index in [-0.39, 0.29) is 5.82 Å². The Hall–Kier alpha value is -2.44. The zero-order valence-electron chi connectivity index (χ0n) is 9.30. The molecule has 2 aromatic heterocycles. The van der Waals surface area contributed by atoms with E-state index in [2.05, 4.69) is 19.8 Å². The van der Waals surface area contributed by atoms with Crippen LogP contribution >= 0.6 is 0 Å². The molecule has 2 heterocycles. The van der Waals surface area contributed by atoms with Crippen LogP contribution in [0.5, 0.6) is 0 Å². The lowest BCUT2D eigenvalue weighted by atomic mass is 10.2. The number of hydrogen-bond acceptors (Lipinski definition) is 5. The number of aryl methyl sites for hydroxylation is 1. The van der Waals surface area contributed by atoms with Crippen LogP contribution in [0.4, 0.5) is 0 Å². The first-order valence-corrected chi connectivity index (χ1v) is 4.79. The van der Waals surface area contributed by atoms with Crippen LogP contribution in [-0.4, -0.2) is 32.8 Å². The predicted molar refractivity (Wildman–Crippen MR) is 58.4 cm³/mol. The predicted octanol–water partition coefficient (Wildman–Crippen LogP) is -0.0430. The second-order valence-corrected chi connectivity index (χ2v) is 3.37. The number of rotatable bonds is 2. The fraction of sp³-hybridized carbons (Fsp3) is 0.200. The quantitative estimate of drug-likeness (QED) is 0.736. The van der Waals surface area contributed by atoms with Gasteiger partial charge in [-0.05, 0) is 0 Å². The largest absolute Gasteiger partial charge is 0.463 e. The van der Waals surface area contributed by atoms with Crippen LogP contribution in [-0.2, 0) is 11.8 Å². The number of H-pyrrole nitrogens is 1.